The van der Waals surface area contributed by atoms with E-state index >= 15 is 0 Å². The minimum atomic E-state index is -0.453. The van der Waals surface area contributed by atoms with Crippen molar-refractivity contribution in [2.24, 2.45) is 0 Å². The average molecular weight is 235 g/mol. The van der Waals surface area contributed by atoms with Crippen molar-refractivity contribution in [1.82, 2.24) is 9.97 Å². The van der Waals surface area contributed by atoms with Crippen LogP contribution in [0.1, 0.15) is 12.6 Å². The zero-order valence-corrected chi connectivity index (χ0v) is 8.14. The molecular weight excluding hydrogens is 227 g/mol. The molecule has 0 spiro atoms. The molecule has 12 heavy (non-hydrogen) atoms. The fourth-order valence-corrected chi connectivity index (χ4v) is 1.00. The molecule has 66 valence electrons. The molecule has 0 aromatic carbocycles. The Labute approximate surface area is 78.1 Å². The molecule has 0 N–H and O–H groups in total. The Bertz CT molecular complexity index is 270. The normalized spacial score (nSPS) is 10.2. The standard InChI is InChI=1S/C7H8BrFN2O/c1-2-12-3-5-6(9)7(8)11-4-10-5/h4H,2-3H2,1H3. The minimum absolute atomic E-state index is 0.173. The molecule has 0 aliphatic carbocycles. The van der Waals surface area contributed by atoms with Gasteiger partial charge in [-0.25, -0.2) is 14.4 Å². The zero-order chi connectivity index (χ0) is 8.97. The van der Waals surface area contributed by atoms with Crippen molar-refractivity contribution in [3.63, 3.8) is 0 Å². The largest absolute Gasteiger partial charge is 0.375 e. The lowest BCUT2D eigenvalue weighted by Gasteiger charge is -2.01. The molecule has 0 saturated heterocycles. The summed E-state index contributed by atoms with van der Waals surface area (Å²) in [5.41, 5.74) is 0.277. The zero-order valence-electron chi connectivity index (χ0n) is 6.55. The summed E-state index contributed by atoms with van der Waals surface area (Å²) in [5, 5.41) is 0. The fourth-order valence-electron chi connectivity index (χ4n) is 0.681. The Morgan fingerprint density at radius 2 is 2.33 bits per heavy atom. The molecule has 0 atom stereocenters. The van der Waals surface area contributed by atoms with Crippen LogP contribution in [-0.4, -0.2) is 16.6 Å². The molecule has 1 aromatic rings. The molecule has 3 nitrogen and oxygen atoms in total. The van der Waals surface area contributed by atoms with E-state index in [1.165, 1.54) is 6.33 Å². The van der Waals surface area contributed by atoms with E-state index < -0.39 is 5.82 Å². The predicted octanol–water partition coefficient (Wildman–Crippen LogP) is 1.91. The lowest BCUT2D eigenvalue weighted by molar-refractivity contribution is 0.128. The molecule has 0 aliphatic rings. The minimum Gasteiger partial charge on any atom is -0.375 e. The first-order valence-corrected chi connectivity index (χ1v) is 4.27. The first-order chi connectivity index (χ1) is 5.75. The quantitative estimate of drug-likeness (QED) is 0.750. The Morgan fingerprint density at radius 1 is 1.58 bits per heavy atom. The summed E-state index contributed by atoms with van der Waals surface area (Å²) < 4.78 is 18.3. The molecule has 5 heteroatoms. The lowest BCUT2D eigenvalue weighted by Crippen LogP contribution is -2.00. The van der Waals surface area contributed by atoms with E-state index in [2.05, 4.69) is 25.9 Å². The summed E-state index contributed by atoms with van der Waals surface area (Å²) in [7, 11) is 0. The molecule has 0 unspecified atom stereocenters. The highest BCUT2D eigenvalue weighted by molar-refractivity contribution is 9.10. The molecule has 0 aliphatic heterocycles. The smallest absolute Gasteiger partial charge is 0.179 e. The van der Waals surface area contributed by atoms with Gasteiger partial charge in [0.15, 0.2) is 5.82 Å². The van der Waals surface area contributed by atoms with E-state index in [0.717, 1.165) is 0 Å². The van der Waals surface area contributed by atoms with Crippen molar-refractivity contribution in [2.45, 2.75) is 13.5 Å². The van der Waals surface area contributed by atoms with Gasteiger partial charge in [-0.1, -0.05) is 0 Å². The van der Waals surface area contributed by atoms with E-state index in [1.807, 2.05) is 6.92 Å². The number of aromatic nitrogens is 2. The van der Waals surface area contributed by atoms with Crippen LogP contribution in [0.4, 0.5) is 4.39 Å². The Kier molecular flexibility index (Phi) is 3.55. The van der Waals surface area contributed by atoms with Crippen molar-refractivity contribution in [2.75, 3.05) is 6.61 Å². The fraction of sp³-hybridized carbons (Fsp3) is 0.429. The second-order valence-electron chi connectivity index (χ2n) is 2.06. The summed E-state index contributed by atoms with van der Waals surface area (Å²) in [6, 6.07) is 0. The van der Waals surface area contributed by atoms with Crippen molar-refractivity contribution in [3.05, 3.63) is 22.4 Å². The number of halogens is 2. The van der Waals surface area contributed by atoms with E-state index in [-0.39, 0.29) is 16.9 Å². The highest BCUT2D eigenvalue weighted by Crippen LogP contribution is 2.13. The van der Waals surface area contributed by atoms with Gasteiger partial charge in [-0.2, -0.15) is 0 Å². The number of ether oxygens (including phenoxy) is 1. The van der Waals surface area contributed by atoms with Crippen LogP contribution in [0.15, 0.2) is 10.9 Å². The van der Waals surface area contributed by atoms with Gasteiger partial charge in [0.25, 0.3) is 0 Å². The van der Waals surface area contributed by atoms with Crippen LogP contribution < -0.4 is 0 Å². The molecule has 1 rings (SSSR count). The molecule has 0 saturated carbocycles. The number of rotatable bonds is 3. The highest BCUT2D eigenvalue weighted by atomic mass is 79.9. The average Bonchev–Trinajstić information content (AvgIpc) is 2.08. The summed E-state index contributed by atoms with van der Waals surface area (Å²) in [6.07, 6.45) is 1.29. The first-order valence-electron chi connectivity index (χ1n) is 3.48. The maximum absolute atomic E-state index is 13.1. The Morgan fingerprint density at radius 3 is 3.00 bits per heavy atom. The maximum atomic E-state index is 13.1. The van der Waals surface area contributed by atoms with Gasteiger partial charge < -0.3 is 4.74 Å². The van der Waals surface area contributed by atoms with Crippen molar-refractivity contribution < 1.29 is 9.13 Å². The van der Waals surface area contributed by atoms with Crippen LogP contribution in [0.5, 0.6) is 0 Å². The third-order valence-corrected chi connectivity index (χ3v) is 1.81. The number of hydrogen-bond donors (Lipinski definition) is 0. The van der Waals surface area contributed by atoms with Crippen LogP contribution in [-0.2, 0) is 11.3 Å². The van der Waals surface area contributed by atoms with Crippen molar-refractivity contribution in [1.29, 1.82) is 0 Å². The molecule has 1 aromatic heterocycles. The molecule has 1 heterocycles. The van der Waals surface area contributed by atoms with Gasteiger partial charge in [0, 0.05) is 6.61 Å². The summed E-state index contributed by atoms with van der Waals surface area (Å²) >= 11 is 2.96. The predicted molar refractivity (Wildman–Crippen MR) is 45.0 cm³/mol. The number of nitrogens with zero attached hydrogens (tertiary/aromatic N) is 2. The number of hydrogen-bond acceptors (Lipinski definition) is 3. The van der Waals surface area contributed by atoms with Gasteiger partial charge in [0.1, 0.15) is 16.6 Å². The summed E-state index contributed by atoms with van der Waals surface area (Å²) in [5.74, 6) is -0.453. The highest BCUT2D eigenvalue weighted by Gasteiger charge is 2.07. The third-order valence-electron chi connectivity index (χ3n) is 1.26. The lowest BCUT2D eigenvalue weighted by atomic mass is 10.4. The van der Waals surface area contributed by atoms with Gasteiger partial charge >= 0.3 is 0 Å². The molecule has 0 radical (unpaired) electrons. The molecule has 0 fully saturated rings. The topological polar surface area (TPSA) is 35.0 Å². The molecule has 0 amide bonds. The third kappa shape index (κ3) is 2.22. The van der Waals surface area contributed by atoms with Gasteiger partial charge in [-0.15, -0.1) is 0 Å². The van der Waals surface area contributed by atoms with Crippen LogP contribution in [0.25, 0.3) is 0 Å². The van der Waals surface area contributed by atoms with E-state index in [1.54, 1.807) is 0 Å². The molecule has 0 bridgehead atoms. The summed E-state index contributed by atoms with van der Waals surface area (Å²) in [4.78, 5) is 7.36. The van der Waals surface area contributed by atoms with Gasteiger partial charge in [0.2, 0.25) is 0 Å². The second-order valence-corrected chi connectivity index (χ2v) is 2.81. The maximum Gasteiger partial charge on any atom is 0.179 e. The SMILES string of the molecule is CCOCc1ncnc(Br)c1F. The Balaban J connectivity index is 2.78. The molecular formula is C7H8BrFN2O. The van der Waals surface area contributed by atoms with Crippen LogP contribution in [0.3, 0.4) is 0 Å². The van der Waals surface area contributed by atoms with Gasteiger partial charge in [-0.05, 0) is 22.9 Å². The second kappa shape index (κ2) is 4.47. The van der Waals surface area contributed by atoms with E-state index in [4.69, 9.17) is 4.74 Å². The van der Waals surface area contributed by atoms with Crippen LogP contribution in [0.2, 0.25) is 0 Å². The van der Waals surface area contributed by atoms with E-state index in [0.29, 0.717) is 6.61 Å². The van der Waals surface area contributed by atoms with E-state index in [9.17, 15) is 4.39 Å². The monoisotopic (exact) mass is 234 g/mol. The Hall–Kier alpha value is -0.550. The van der Waals surface area contributed by atoms with Crippen LogP contribution >= 0.6 is 15.9 Å². The van der Waals surface area contributed by atoms with Crippen molar-refractivity contribution >= 4 is 15.9 Å². The van der Waals surface area contributed by atoms with Crippen LogP contribution in [0, 0.1) is 5.82 Å². The first kappa shape index (κ1) is 9.54. The van der Waals surface area contributed by atoms with Crippen molar-refractivity contribution in [3.8, 4) is 0 Å². The summed E-state index contributed by atoms with van der Waals surface area (Å²) in [6.45, 7) is 2.57. The van der Waals surface area contributed by atoms with Gasteiger partial charge in [-0.3, -0.25) is 0 Å². The van der Waals surface area contributed by atoms with Gasteiger partial charge in [0.05, 0.1) is 6.61 Å².